The molecule has 0 atom stereocenters. The van der Waals surface area contributed by atoms with Gasteiger partial charge in [-0.15, -0.1) is 0 Å². The molecule has 120 valence electrons. The molecule has 0 spiro atoms. The number of nitro groups is 2. The number of anilines is 1. The highest BCUT2D eigenvalue weighted by atomic mass is 32.1. The Kier molecular flexibility index (Phi) is 3.88. The SMILES string of the molecule is O=C(Nc1nc2ccccc2s1)c1cc([N+](=O)[O-])cc([N+](=O)[O-])c1. The maximum Gasteiger partial charge on any atom is 0.277 e. The molecular weight excluding hydrogens is 336 g/mol. The fourth-order valence-corrected chi connectivity index (χ4v) is 2.89. The first-order valence-electron chi connectivity index (χ1n) is 6.55. The fourth-order valence-electron chi connectivity index (χ4n) is 2.03. The number of nitro benzene ring substituents is 2. The van der Waals surface area contributed by atoms with Gasteiger partial charge in [0.2, 0.25) is 0 Å². The van der Waals surface area contributed by atoms with E-state index in [0.717, 1.165) is 22.9 Å². The lowest BCUT2D eigenvalue weighted by Gasteiger charge is -2.02. The first-order valence-corrected chi connectivity index (χ1v) is 7.36. The minimum Gasteiger partial charge on any atom is -0.298 e. The van der Waals surface area contributed by atoms with Crippen molar-refractivity contribution in [3.05, 3.63) is 68.3 Å². The summed E-state index contributed by atoms with van der Waals surface area (Å²) in [7, 11) is 0. The Morgan fingerprint density at radius 2 is 1.67 bits per heavy atom. The Morgan fingerprint density at radius 3 is 2.25 bits per heavy atom. The molecule has 10 heteroatoms. The molecular formula is C14H8N4O5S. The van der Waals surface area contributed by atoms with Gasteiger partial charge in [0.15, 0.2) is 5.13 Å². The molecule has 9 nitrogen and oxygen atoms in total. The maximum atomic E-state index is 12.3. The summed E-state index contributed by atoms with van der Waals surface area (Å²) in [5.74, 6) is -0.708. The van der Waals surface area contributed by atoms with Gasteiger partial charge in [-0.25, -0.2) is 4.98 Å². The summed E-state index contributed by atoms with van der Waals surface area (Å²) < 4.78 is 0.859. The van der Waals surface area contributed by atoms with Crippen LogP contribution in [-0.2, 0) is 0 Å². The molecule has 3 aromatic rings. The minimum atomic E-state index is -0.790. The van der Waals surface area contributed by atoms with Gasteiger partial charge in [0.05, 0.1) is 31.7 Å². The maximum absolute atomic E-state index is 12.3. The van der Waals surface area contributed by atoms with Crippen LogP contribution in [0.25, 0.3) is 10.2 Å². The Labute approximate surface area is 137 Å². The molecule has 0 radical (unpaired) electrons. The summed E-state index contributed by atoms with van der Waals surface area (Å²) >= 11 is 1.23. The van der Waals surface area contributed by atoms with Gasteiger partial charge >= 0.3 is 0 Å². The largest absolute Gasteiger partial charge is 0.298 e. The zero-order chi connectivity index (χ0) is 17.3. The number of carbonyl (C=O) groups excluding carboxylic acids is 1. The number of thiazole rings is 1. The Bertz CT molecular complexity index is 919. The number of para-hydroxylation sites is 1. The quantitative estimate of drug-likeness (QED) is 0.571. The molecule has 3 rings (SSSR count). The normalized spacial score (nSPS) is 10.5. The molecule has 0 saturated carbocycles. The van der Waals surface area contributed by atoms with Gasteiger partial charge < -0.3 is 0 Å². The molecule has 1 N–H and O–H groups in total. The van der Waals surface area contributed by atoms with Crippen LogP contribution in [0.5, 0.6) is 0 Å². The van der Waals surface area contributed by atoms with Crippen molar-refractivity contribution in [2.24, 2.45) is 0 Å². The van der Waals surface area contributed by atoms with Crippen LogP contribution in [0.2, 0.25) is 0 Å². The average Bonchev–Trinajstić information content (AvgIpc) is 2.96. The highest BCUT2D eigenvalue weighted by Crippen LogP contribution is 2.27. The van der Waals surface area contributed by atoms with Gasteiger partial charge in [0.25, 0.3) is 17.3 Å². The lowest BCUT2D eigenvalue weighted by atomic mass is 10.1. The number of nitrogens with zero attached hydrogens (tertiary/aromatic N) is 3. The number of non-ortho nitro benzene ring substituents is 2. The molecule has 2 aromatic carbocycles. The van der Waals surface area contributed by atoms with Crippen molar-refractivity contribution in [3.63, 3.8) is 0 Å². The minimum absolute atomic E-state index is 0.185. The molecule has 24 heavy (non-hydrogen) atoms. The van der Waals surface area contributed by atoms with Crippen LogP contribution in [0.1, 0.15) is 10.4 Å². The van der Waals surface area contributed by atoms with E-state index in [9.17, 15) is 25.0 Å². The topological polar surface area (TPSA) is 128 Å². The molecule has 0 aliphatic rings. The van der Waals surface area contributed by atoms with Gasteiger partial charge in [-0.05, 0) is 12.1 Å². The summed E-state index contributed by atoms with van der Waals surface area (Å²) in [5.41, 5.74) is -0.546. The van der Waals surface area contributed by atoms with Crippen molar-refractivity contribution in [3.8, 4) is 0 Å². The van der Waals surface area contributed by atoms with Crippen molar-refractivity contribution >= 4 is 44.0 Å². The molecule has 0 fully saturated rings. The smallest absolute Gasteiger partial charge is 0.277 e. The first kappa shape index (κ1) is 15.5. The van der Waals surface area contributed by atoms with Gasteiger partial charge in [-0.1, -0.05) is 23.5 Å². The lowest BCUT2D eigenvalue weighted by Crippen LogP contribution is -2.12. The van der Waals surface area contributed by atoms with E-state index < -0.39 is 27.1 Å². The fraction of sp³-hybridized carbons (Fsp3) is 0. The van der Waals surface area contributed by atoms with Crippen molar-refractivity contribution in [2.75, 3.05) is 5.32 Å². The van der Waals surface area contributed by atoms with Gasteiger partial charge in [0.1, 0.15) is 0 Å². The van der Waals surface area contributed by atoms with Gasteiger partial charge in [-0.2, -0.15) is 0 Å². The number of carbonyl (C=O) groups is 1. The zero-order valence-electron chi connectivity index (χ0n) is 11.8. The molecule has 1 amide bonds. The van der Waals surface area contributed by atoms with Crippen molar-refractivity contribution in [1.82, 2.24) is 4.98 Å². The Morgan fingerprint density at radius 1 is 1.04 bits per heavy atom. The van der Waals surface area contributed by atoms with E-state index in [4.69, 9.17) is 0 Å². The third-order valence-electron chi connectivity index (χ3n) is 3.10. The number of benzene rings is 2. The predicted octanol–water partition coefficient (Wildman–Crippen LogP) is 3.37. The van der Waals surface area contributed by atoms with Crippen LogP contribution < -0.4 is 5.32 Å². The highest BCUT2D eigenvalue weighted by molar-refractivity contribution is 7.22. The number of hydrogen-bond acceptors (Lipinski definition) is 7. The monoisotopic (exact) mass is 344 g/mol. The van der Waals surface area contributed by atoms with Crippen molar-refractivity contribution < 1.29 is 14.6 Å². The second kappa shape index (κ2) is 6.01. The summed E-state index contributed by atoms with van der Waals surface area (Å²) in [5, 5.41) is 24.5. The van der Waals surface area contributed by atoms with E-state index in [1.807, 2.05) is 12.1 Å². The summed E-state index contributed by atoms with van der Waals surface area (Å²) in [6.45, 7) is 0. The number of fused-ring (bicyclic) bond motifs is 1. The first-order chi connectivity index (χ1) is 11.4. The van der Waals surface area contributed by atoms with E-state index in [0.29, 0.717) is 10.6 Å². The van der Waals surface area contributed by atoms with Crippen molar-refractivity contribution in [2.45, 2.75) is 0 Å². The molecule has 0 aliphatic heterocycles. The predicted molar refractivity (Wildman–Crippen MR) is 87.3 cm³/mol. The number of nitrogens with one attached hydrogen (secondary N) is 1. The van der Waals surface area contributed by atoms with Gasteiger partial charge in [-0.3, -0.25) is 30.3 Å². The third kappa shape index (κ3) is 3.03. The van der Waals surface area contributed by atoms with E-state index in [1.165, 1.54) is 11.3 Å². The third-order valence-corrected chi connectivity index (χ3v) is 4.05. The highest BCUT2D eigenvalue weighted by Gasteiger charge is 2.20. The van der Waals surface area contributed by atoms with E-state index in [-0.39, 0.29) is 5.56 Å². The Hall–Kier alpha value is -3.40. The van der Waals surface area contributed by atoms with Crippen LogP contribution in [-0.4, -0.2) is 20.7 Å². The number of rotatable bonds is 4. The Balaban J connectivity index is 1.94. The summed E-state index contributed by atoms with van der Waals surface area (Å²) in [6, 6.07) is 10.0. The lowest BCUT2D eigenvalue weighted by molar-refractivity contribution is -0.394. The van der Waals surface area contributed by atoms with Crippen LogP contribution in [0.3, 0.4) is 0 Å². The molecule has 0 unspecified atom stereocenters. The van der Waals surface area contributed by atoms with Crippen LogP contribution >= 0.6 is 11.3 Å². The van der Waals surface area contributed by atoms with Crippen molar-refractivity contribution in [1.29, 1.82) is 0 Å². The number of aromatic nitrogens is 1. The molecule has 0 saturated heterocycles. The second-order valence-corrected chi connectivity index (χ2v) is 5.72. The molecule has 0 aliphatic carbocycles. The standard InChI is InChI=1S/C14H8N4O5S/c19-13(16-14-15-11-3-1-2-4-12(11)24-14)8-5-9(17(20)21)7-10(6-8)18(22)23/h1-7H,(H,15,16,19). The average molecular weight is 344 g/mol. The second-order valence-electron chi connectivity index (χ2n) is 4.69. The van der Waals surface area contributed by atoms with E-state index in [1.54, 1.807) is 12.1 Å². The summed E-state index contributed by atoms with van der Waals surface area (Å²) in [6.07, 6.45) is 0. The zero-order valence-corrected chi connectivity index (χ0v) is 12.6. The molecule has 1 aromatic heterocycles. The number of amides is 1. The summed E-state index contributed by atoms with van der Waals surface area (Å²) in [4.78, 5) is 36.6. The van der Waals surface area contributed by atoms with E-state index >= 15 is 0 Å². The van der Waals surface area contributed by atoms with E-state index in [2.05, 4.69) is 10.3 Å². The van der Waals surface area contributed by atoms with Gasteiger partial charge in [0, 0.05) is 12.1 Å². The molecule has 0 bridgehead atoms. The van der Waals surface area contributed by atoms with Crippen LogP contribution in [0.4, 0.5) is 16.5 Å². The van der Waals surface area contributed by atoms with Crippen LogP contribution in [0.15, 0.2) is 42.5 Å². The van der Waals surface area contributed by atoms with Crippen LogP contribution in [0, 0.1) is 20.2 Å². The molecule has 1 heterocycles. The number of hydrogen-bond donors (Lipinski definition) is 1.